The first-order valence-electron chi connectivity index (χ1n) is 13.2. The van der Waals surface area contributed by atoms with E-state index in [-0.39, 0.29) is 0 Å². The summed E-state index contributed by atoms with van der Waals surface area (Å²) in [5.41, 5.74) is 6.14. The first-order valence-corrected chi connectivity index (χ1v) is 13.2. The van der Waals surface area contributed by atoms with E-state index in [0.29, 0.717) is 0 Å². The molecule has 0 heterocycles. The van der Waals surface area contributed by atoms with Gasteiger partial charge in [0.1, 0.15) is 0 Å². The van der Waals surface area contributed by atoms with Gasteiger partial charge in [0.15, 0.2) is 0 Å². The normalized spacial score (nSPS) is 17.6. The number of rotatable bonds is 13. The number of hydrogen-bond acceptors (Lipinski definition) is 0. The van der Waals surface area contributed by atoms with Crippen LogP contribution in [0, 0.1) is 12.3 Å². The van der Waals surface area contributed by atoms with E-state index >= 15 is 0 Å². The van der Waals surface area contributed by atoms with Crippen LogP contribution in [-0.4, -0.2) is 0 Å². The van der Waals surface area contributed by atoms with Gasteiger partial charge in [-0.3, -0.25) is 0 Å². The minimum atomic E-state index is 0.796. The van der Waals surface area contributed by atoms with Gasteiger partial charge in [-0.05, 0) is 61.1 Å². The predicted molar refractivity (Wildman–Crippen MR) is 134 cm³/mol. The lowest BCUT2D eigenvalue weighted by atomic mass is 9.77. The smallest absolute Gasteiger partial charge is 0.00875 e. The number of aryl methyl sites for hydroxylation is 1. The summed E-state index contributed by atoms with van der Waals surface area (Å²) in [6, 6.07) is 9.45. The molecule has 0 nitrogen and oxygen atoms in total. The van der Waals surface area contributed by atoms with Gasteiger partial charge in [-0.1, -0.05) is 126 Å². The van der Waals surface area contributed by atoms with Gasteiger partial charge in [-0.2, -0.15) is 0 Å². The van der Waals surface area contributed by atoms with Crippen molar-refractivity contribution in [1.82, 2.24) is 0 Å². The number of benzene rings is 1. The molecule has 3 rings (SSSR count). The Morgan fingerprint density at radius 3 is 2.23 bits per heavy atom. The standard InChI is InChI=1S/C30H45/c1-2-3-4-5-6-7-8-9-10-12-18-26-19-17-22-28(25-26)30-24-16-15-23-29(30)27-20-13-11-14-21-27/h16-17,19,22-25,27H,2-15,18,20-21H2,1H3. The molecule has 0 spiro atoms. The van der Waals surface area contributed by atoms with Gasteiger partial charge in [0, 0.05) is 0 Å². The van der Waals surface area contributed by atoms with Crippen molar-refractivity contribution >= 4 is 5.57 Å². The minimum Gasteiger partial charge on any atom is -0.0833 e. The quantitative estimate of drug-likeness (QED) is 0.286. The molecule has 0 aliphatic heterocycles. The van der Waals surface area contributed by atoms with Crippen molar-refractivity contribution in [1.29, 1.82) is 0 Å². The molecule has 1 fully saturated rings. The fraction of sp³-hybridized carbons (Fsp3) is 0.633. The molecule has 2 aliphatic rings. The van der Waals surface area contributed by atoms with Gasteiger partial charge in [-0.25, -0.2) is 0 Å². The maximum Gasteiger partial charge on any atom is -0.00875 e. The zero-order valence-corrected chi connectivity index (χ0v) is 19.6. The molecular formula is C30H45. The molecule has 0 heteroatoms. The number of unbranched alkanes of at least 4 members (excludes halogenated alkanes) is 9. The van der Waals surface area contributed by atoms with E-state index in [1.807, 2.05) is 0 Å². The van der Waals surface area contributed by atoms with Crippen LogP contribution in [0.1, 0.15) is 121 Å². The van der Waals surface area contributed by atoms with Crippen LogP contribution in [0.4, 0.5) is 0 Å². The molecule has 0 N–H and O–H groups in total. The van der Waals surface area contributed by atoms with Crippen molar-refractivity contribution in [3.05, 3.63) is 59.5 Å². The molecule has 1 saturated carbocycles. The monoisotopic (exact) mass is 405 g/mol. The topological polar surface area (TPSA) is 0 Å². The molecule has 0 amide bonds. The van der Waals surface area contributed by atoms with Crippen molar-refractivity contribution in [3.63, 3.8) is 0 Å². The van der Waals surface area contributed by atoms with Gasteiger partial charge in [-0.15, -0.1) is 0 Å². The second-order valence-electron chi connectivity index (χ2n) is 9.68. The van der Waals surface area contributed by atoms with Crippen LogP contribution in [0.25, 0.3) is 5.57 Å². The summed E-state index contributed by atoms with van der Waals surface area (Å²) in [5, 5.41) is 0. The average molecular weight is 406 g/mol. The van der Waals surface area contributed by atoms with Crippen LogP contribution in [0.3, 0.4) is 0 Å². The third-order valence-corrected chi connectivity index (χ3v) is 7.17. The van der Waals surface area contributed by atoms with Crippen LogP contribution in [0.2, 0.25) is 0 Å². The third kappa shape index (κ3) is 7.75. The predicted octanol–water partition coefficient (Wildman–Crippen LogP) is 9.65. The second-order valence-corrected chi connectivity index (χ2v) is 9.68. The zero-order chi connectivity index (χ0) is 20.9. The molecule has 30 heavy (non-hydrogen) atoms. The van der Waals surface area contributed by atoms with Crippen LogP contribution in [0.15, 0.2) is 42.0 Å². The zero-order valence-electron chi connectivity index (χ0n) is 19.6. The SMILES string of the molecule is CCCCCCCCCCCCc1cccc(C2=C(C3CCCCC3)[CH]CC=C2)c1. The van der Waals surface area contributed by atoms with Crippen LogP contribution >= 0.6 is 0 Å². The Morgan fingerprint density at radius 2 is 1.50 bits per heavy atom. The average Bonchev–Trinajstić information content (AvgIpc) is 2.81. The summed E-state index contributed by atoms with van der Waals surface area (Å²) < 4.78 is 0. The van der Waals surface area contributed by atoms with E-state index in [1.54, 1.807) is 5.57 Å². The van der Waals surface area contributed by atoms with Gasteiger partial charge in [0.2, 0.25) is 0 Å². The van der Waals surface area contributed by atoms with E-state index in [0.717, 1.165) is 12.3 Å². The molecule has 2 aliphatic carbocycles. The highest BCUT2D eigenvalue weighted by Gasteiger charge is 2.22. The van der Waals surface area contributed by atoms with Crippen LogP contribution in [-0.2, 0) is 6.42 Å². The van der Waals surface area contributed by atoms with Crippen molar-refractivity contribution in [2.24, 2.45) is 5.92 Å². The highest BCUT2D eigenvalue weighted by atomic mass is 14.3. The summed E-state index contributed by atoms with van der Waals surface area (Å²) in [7, 11) is 0. The molecule has 1 radical (unpaired) electrons. The number of hydrogen-bond donors (Lipinski definition) is 0. The molecular weight excluding hydrogens is 360 g/mol. The van der Waals surface area contributed by atoms with Crippen molar-refractivity contribution in [3.8, 4) is 0 Å². The van der Waals surface area contributed by atoms with Gasteiger partial charge < -0.3 is 0 Å². The lowest BCUT2D eigenvalue weighted by molar-refractivity contribution is 0.405. The van der Waals surface area contributed by atoms with E-state index in [4.69, 9.17) is 0 Å². The summed E-state index contributed by atoms with van der Waals surface area (Å²) in [6.45, 7) is 2.30. The Bertz CT molecular complexity index is 656. The molecule has 1 aromatic carbocycles. The molecule has 0 atom stereocenters. The largest absolute Gasteiger partial charge is 0.0833 e. The Hall–Kier alpha value is -1.30. The van der Waals surface area contributed by atoms with Crippen LogP contribution in [0.5, 0.6) is 0 Å². The first kappa shape index (κ1) is 23.4. The molecule has 1 aromatic rings. The highest BCUT2D eigenvalue weighted by Crippen LogP contribution is 2.38. The lowest BCUT2D eigenvalue weighted by Gasteiger charge is -2.28. The first-order chi connectivity index (χ1) is 14.9. The number of allylic oxidation sites excluding steroid dienone is 4. The fourth-order valence-electron chi connectivity index (χ4n) is 5.36. The van der Waals surface area contributed by atoms with Gasteiger partial charge in [0.25, 0.3) is 0 Å². The van der Waals surface area contributed by atoms with E-state index in [2.05, 4.69) is 49.8 Å². The summed E-state index contributed by atoms with van der Waals surface area (Å²) in [5.74, 6) is 0.796. The molecule has 0 aromatic heterocycles. The maximum atomic E-state index is 2.51. The van der Waals surface area contributed by atoms with Crippen molar-refractivity contribution in [2.75, 3.05) is 0 Å². The Kier molecular flexibility index (Phi) is 10.8. The van der Waals surface area contributed by atoms with Crippen molar-refractivity contribution in [2.45, 2.75) is 116 Å². The molecule has 0 saturated heterocycles. The van der Waals surface area contributed by atoms with E-state index in [1.165, 1.54) is 119 Å². The Labute approximate surface area is 187 Å². The summed E-state index contributed by atoms with van der Waals surface area (Å²) in [4.78, 5) is 0. The van der Waals surface area contributed by atoms with E-state index in [9.17, 15) is 0 Å². The lowest BCUT2D eigenvalue weighted by Crippen LogP contribution is -2.12. The molecule has 0 bridgehead atoms. The molecule has 0 unspecified atom stereocenters. The third-order valence-electron chi connectivity index (χ3n) is 7.17. The van der Waals surface area contributed by atoms with Gasteiger partial charge in [0.05, 0.1) is 0 Å². The van der Waals surface area contributed by atoms with E-state index < -0.39 is 0 Å². The summed E-state index contributed by atoms with van der Waals surface area (Å²) in [6.07, 6.45) is 30.8. The summed E-state index contributed by atoms with van der Waals surface area (Å²) >= 11 is 0. The maximum absolute atomic E-state index is 2.51. The minimum absolute atomic E-state index is 0.796. The highest BCUT2D eigenvalue weighted by molar-refractivity contribution is 5.79. The fourth-order valence-corrected chi connectivity index (χ4v) is 5.36. The Balaban J connectivity index is 1.45. The van der Waals surface area contributed by atoms with Gasteiger partial charge >= 0.3 is 0 Å². The second kappa shape index (κ2) is 13.9. The van der Waals surface area contributed by atoms with Crippen LogP contribution < -0.4 is 0 Å². The Morgan fingerprint density at radius 1 is 0.800 bits per heavy atom. The van der Waals surface area contributed by atoms with Crippen molar-refractivity contribution < 1.29 is 0 Å². The molecule has 165 valence electrons.